The highest BCUT2D eigenvalue weighted by Crippen LogP contribution is 2.65. The van der Waals surface area contributed by atoms with E-state index in [1.54, 1.807) is 11.8 Å². The van der Waals surface area contributed by atoms with E-state index in [1.807, 2.05) is 24.5 Å². The molecule has 3 rings (SSSR count). The van der Waals surface area contributed by atoms with Gasteiger partial charge in [-0.05, 0) is 60.5 Å². The third kappa shape index (κ3) is 2.28. The van der Waals surface area contributed by atoms with Gasteiger partial charge < -0.3 is 5.32 Å². The second kappa shape index (κ2) is 5.45. The van der Waals surface area contributed by atoms with Gasteiger partial charge in [0.1, 0.15) is 0 Å². The van der Waals surface area contributed by atoms with Crippen molar-refractivity contribution in [3.05, 3.63) is 28.8 Å². The first kappa shape index (κ1) is 16.2. The smallest absolute Gasteiger partial charge is 0.253 e. The molecule has 2 aliphatic carbocycles. The Kier molecular flexibility index (Phi) is 4.01. The molecule has 0 radical (unpaired) electrons. The van der Waals surface area contributed by atoms with Gasteiger partial charge in [-0.3, -0.25) is 4.79 Å². The predicted molar refractivity (Wildman–Crippen MR) is 93.7 cm³/mol. The first-order valence-corrected chi connectivity index (χ1v) is 9.54. The lowest BCUT2D eigenvalue weighted by atomic mass is 9.69. The minimum absolute atomic E-state index is 0.0320. The van der Waals surface area contributed by atoms with E-state index >= 15 is 0 Å². The lowest BCUT2D eigenvalue weighted by Gasteiger charge is -2.39. The van der Waals surface area contributed by atoms with Gasteiger partial charge in [-0.25, -0.2) is 0 Å². The van der Waals surface area contributed by atoms with Gasteiger partial charge in [-0.1, -0.05) is 32.4 Å². The van der Waals surface area contributed by atoms with Crippen LogP contribution in [0.5, 0.6) is 0 Å². The molecule has 3 unspecified atom stereocenters. The summed E-state index contributed by atoms with van der Waals surface area (Å²) in [5.41, 5.74) is 1.09. The molecule has 3 atom stereocenters. The highest BCUT2D eigenvalue weighted by atomic mass is 35.5. The Morgan fingerprint density at radius 3 is 2.64 bits per heavy atom. The Hall–Kier alpha value is -0.670. The molecule has 1 aromatic carbocycles. The minimum Gasteiger partial charge on any atom is -0.349 e. The van der Waals surface area contributed by atoms with Crippen LogP contribution in [-0.4, -0.2) is 18.2 Å². The van der Waals surface area contributed by atoms with Crippen LogP contribution in [0.4, 0.5) is 0 Å². The van der Waals surface area contributed by atoms with Crippen LogP contribution in [0.15, 0.2) is 23.1 Å². The van der Waals surface area contributed by atoms with E-state index in [0.29, 0.717) is 16.0 Å². The fraction of sp³-hybridized carbons (Fsp3) is 0.611. The van der Waals surface area contributed by atoms with Crippen LogP contribution in [0.1, 0.15) is 50.4 Å². The Bertz CT molecular complexity index is 615. The summed E-state index contributed by atoms with van der Waals surface area (Å²) >= 11 is 7.86. The summed E-state index contributed by atoms with van der Waals surface area (Å²) in [4.78, 5) is 13.8. The number of hydrogen-bond donors (Lipinski definition) is 1. The first-order chi connectivity index (χ1) is 10.3. The zero-order valence-electron chi connectivity index (χ0n) is 13.7. The average Bonchev–Trinajstić information content (AvgIpc) is 2.81. The largest absolute Gasteiger partial charge is 0.349 e. The van der Waals surface area contributed by atoms with Crippen molar-refractivity contribution in [3.63, 3.8) is 0 Å². The molecule has 2 fully saturated rings. The van der Waals surface area contributed by atoms with Gasteiger partial charge in [0.15, 0.2) is 0 Å². The third-order valence-electron chi connectivity index (χ3n) is 6.52. The average molecular weight is 338 g/mol. The summed E-state index contributed by atoms with van der Waals surface area (Å²) in [5.74, 6) is 0.686. The molecule has 0 saturated heterocycles. The van der Waals surface area contributed by atoms with Crippen molar-refractivity contribution in [2.24, 2.45) is 16.7 Å². The fourth-order valence-corrected chi connectivity index (χ4v) is 5.11. The normalized spacial score (nSPS) is 32.2. The molecule has 0 aromatic heterocycles. The van der Waals surface area contributed by atoms with Gasteiger partial charge in [-0.2, -0.15) is 0 Å². The third-order valence-corrected chi connectivity index (χ3v) is 7.57. The molecule has 22 heavy (non-hydrogen) atoms. The van der Waals surface area contributed by atoms with E-state index in [9.17, 15) is 4.79 Å². The Morgan fingerprint density at radius 1 is 1.36 bits per heavy atom. The van der Waals surface area contributed by atoms with Crippen LogP contribution in [0.2, 0.25) is 5.02 Å². The molecule has 0 aliphatic heterocycles. The van der Waals surface area contributed by atoms with Crippen LogP contribution < -0.4 is 5.32 Å². The Morgan fingerprint density at radius 2 is 2.09 bits per heavy atom. The summed E-state index contributed by atoms with van der Waals surface area (Å²) in [6.45, 7) is 7.06. The number of nitrogens with one attached hydrogen (secondary N) is 1. The SMILES string of the molecule is CSc1ccc(Cl)c(C(=O)NC2CC3CCC2(C)C3(C)C)c1. The van der Waals surface area contributed by atoms with Crippen molar-refractivity contribution in [1.82, 2.24) is 5.32 Å². The van der Waals surface area contributed by atoms with Crippen molar-refractivity contribution < 1.29 is 4.79 Å². The van der Waals surface area contributed by atoms with Gasteiger partial charge in [-0.15, -0.1) is 11.8 Å². The number of amides is 1. The number of hydrogen-bond acceptors (Lipinski definition) is 2. The van der Waals surface area contributed by atoms with Crippen LogP contribution in [-0.2, 0) is 0 Å². The number of carbonyl (C=O) groups is 1. The quantitative estimate of drug-likeness (QED) is 0.786. The molecule has 1 aromatic rings. The number of carbonyl (C=O) groups excluding carboxylic acids is 1. The molecular formula is C18H24ClNOS. The van der Waals surface area contributed by atoms with Gasteiger partial charge in [0.2, 0.25) is 0 Å². The predicted octanol–water partition coefficient (Wildman–Crippen LogP) is 5.01. The van der Waals surface area contributed by atoms with Crippen molar-refractivity contribution in [2.75, 3.05) is 6.26 Å². The van der Waals surface area contributed by atoms with Gasteiger partial charge in [0.25, 0.3) is 5.91 Å². The van der Waals surface area contributed by atoms with E-state index in [-0.39, 0.29) is 17.4 Å². The number of fused-ring (bicyclic) bond motifs is 2. The molecule has 1 N–H and O–H groups in total. The summed E-state index contributed by atoms with van der Waals surface area (Å²) in [7, 11) is 0. The molecule has 0 heterocycles. The lowest BCUT2D eigenvalue weighted by Crippen LogP contribution is -2.46. The van der Waals surface area contributed by atoms with E-state index in [2.05, 4.69) is 26.1 Å². The van der Waals surface area contributed by atoms with Crippen LogP contribution in [0.3, 0.4) is 0 Å². The maximum atomic E-state index is 12.7. The number of benzene rings is 1. The second-order valence-electron chi connectivity index (χ2n) is 7.48. The van der Waals surface area contributed by atoms with E-state index in [1.165, 1.54) is 12.8 Å². The summed E-state index contributed by atoms with van der Waals surface area (Å²) < 4.78 is 0. The molecule has 2 aliphatic rings. The molecule has 1 amide bonds. The van der Waals surface area contributed by atoms with Crippen molar-refractivity contribution >= 4 is 29.3 Å². The summed E-state index contributed by atoms with van der Waals surface area (Å²) in [6, 6.07) is 5.91. The monoisotopic (exact) mass is 337 g/mol. The molecule has 0 spiro atoms. The van der Waals surface area contributed by atoms with Crippen molar-refractivity contribution in [3.8, 4) is 0 Å². The number of thioether (sulfide) groups is 1. The van der Waals surface area contributed by atoms with E-state index in [4.69, 9.17) is 11.6 Å². The lowest BCUT2D eigenvalue weighted by molar-refractivity contribution is 0.0826. The molecule has 120 valence electrons. The van der Waals surface area contributed by atoms with Gasteiger partial charge >= 0.3 is 0 Å². The van der Waals surface area contributed by atoms with Crippen molar-refractivity contribution in [1.29, 1.82) is 0 Å². The Labute approximate surface area is 142 Å². The van der Waals surface area contributed by atoms with Crippen LogP contribution in [0.25, 0.3) is 0 Å². The summed E-state index contributed by atoms with van der Waals surface area (Å²) in [5, 5.41) is 3.81. The number of rotatable bonds is 3. The fourth-order valence-electron chi connectivity index (χ4n) is 4.46. The van der Waals surface area contributed by atoms with Crippen LogP contribution in [0, 0.1) is 16.7 Å². The standard InChI is InChI=1S/C18H24ClNOS/c1-17(2)11-7-8-18(17,3)15(9-11)20-16(21)13-10-12(22-4)5-6-14(13)19/h5-6,10-11,15H,7-9H2,1-4H3,(H,20,21). The molecule has 2 saturated carbocycles. The zero-order valence-corrected chi connectivity index (χ0v) is 15.3. The van der Waals surface area contributed by atoms with Crippen LogP contribution >= 0.6 is 23.4 Å². The molecule has 2 bridgehead atoms. The summed E-state index contributed by atoms with van der Waals surface area (Å²) in [6.07, 6.45) is 5.59. The topological polar surface area (TPSA) is 29.1 Å². The molecular weight excluding hydrogens is 314 g/mol. The van der Waals surface area contributed by atoms with Crippen molar-refractivity contribution in [2.45, 2.75) is 51.0 Å². The molecule has 2 nitrogen and oxygen atoms in total. The number of halogens is 1. The maximum absolute atomic E-state index is 12.7. The zero-order chi connectivity index (χ0) is 16.1. The van der Waals surface area contributed by atoms with E-state index in [0.717, 1.165) is 17.2 Å². The van der Waals surface area contributed by atoms with Gasteiger partial charge in [0, 0.05) is 10.9 Å². The molecule has 4 heteroatoms. The second-order valence-corrected chi connectivity index (χ2v) is 8.77. The minimum atomic E-state index is -0.0320. The maximum Gasteiger partial charge on any atom is 0.253 e. The highest BCUT2D eigenvalue weighted by Gasteiger charge is 2.61. The Balaban J connectivity index is 1.82. The first-order valence-electron chi connectivity index (χ1n) is 7.94. The van der Waals surface area contributed by atoms with Gasteiger partial charge in [0.05, 0.1) is 10.6 Å². The highest BCUT2D eigenvalue weighted by molar-refractivity contribution is 7.98. The van der Waals surface area contributed by atoms with E-state index < -0.39 is 0 Å².